The minimum atomic E-state index is -3.51. The first kappa shape index (κ1) is 19.9. The predicted molar refractivity (Wildman–Crippen MR) is 113 cm³/mol. The van der Waals surface area contributed by atoms with Gasteiger partial charge in [-0.2, -0.15) is 0 Å². The van der Waals surface area contributed by atoms with Gasteiger partial charge in [-0.05, 0) is 48.3 Å². The molecule has 29 heavy (non-hydrogen) atoms. The Kier molecular flexibility index (Phi) is 5.61. The third-order valence-electron chi connectivity index (χ3n) is 5.56. The van der Waals surface area contributed by atoms with E-state index in [1.54, 1.807) is 4.90 Å². The summed E-state index contributed by atoms with van der Waals surface area (Å²) in [7, 11) is -3.51. The van der Waals surface area contributed by atoms with Crippen LogP contribution in [0.3, 0.4) is 0 Å². The molecule has 0 spiro atoms. The first-order chi connectivity index (χ1) is 13.9. The normalized spacial score (nSPS) is 19.8. The maximum atomic E-state index is 12.9. The molecule has 154 valence electrons. The molecule has 1 saturated carbocycles. The van der Waals surface area contributed by atoms with E-state index < -0.39 is 10.0 Å². The first-order valence-corrected chi connectivity index (χ1v) is 12.0. The molecular formula is C22H27N3O3S. The Bertz CT molecular complexity index is 957. The van der Waals surface area contributed by atoms with E-state index in [-0.39, 0.29) is 12.1 Å². The van der Waals surface area contributed by atoms with Crippen molar-refractivity contribution in [2.24, 2.45) is 0 Å². The van der Waals surface area contributed by atoms with Gasteiger partial charge in [0.2, 0.25) is 10.0 Å². The predicted octanol–water partition coefficient (Wildman–Crippen LogP) is 3.44. The number of amides is 2. The molecule has 1 unspecified atom stereocenters. The molecule has 0 radical (unpaired) electrons. The zero-order valence-corrected chi connectivity index (χ0v) is 17.4. The lowest BCUT2D eigenvalue weighted by Gasteiger charge is -2.23. The van der Waals surface area contributed by atoms with Crippen LogP contribution in [0.25, 0.3) is 0 Å². The van der Waals surface area contributed by atoms with Crippen LogP contribution in [0.5, 0.6) is 0 Å². The van der Waals surface area contributed by atoms with E-state index in [4.69, 9.17) is 0 Å². The molecule has 1 N–H and O–H groups in total. The lowest BCUT2D eigenvalue weighted by atomic mass is 10.0. The number of nitrogens with one attached hydrogen (secondary N) is 1. The number of carbonyl (C=O) groups excluding carboxylic acids is 1. The molecule has 0 aromatic heterocycles. The van der Waals surface area contributed by atoms with Crippen molar-refractivity contribution in [2.45, 2.75) is 37.6 Å². The van der Waals surface area contributed by atoms with Crippen LogP contribution in [0.1, 0.15) is 47.9 Å². The molecule has 2 aromatic rings. The largest absolute Gasteiger partial charge is 0.335 e. The number of sulfonamides is 1. The fourth-order valence-corrected chi connectivity index (χ4v) is 4.51. The van der Waals surface area contributed by atoms with Gasteiger partial charge in [-0.25, -0.2) is 18.2 Å². The van der Waals surface area contributed by atoms with Gasteiger partial charge in [0.15, 0.2) is 0 Å². The maximum Gasteiger partial charge on any atom is 0.335 e. The highest BCUT2D eigenvalue weighted by molar-refractivity contribution is 7.88. The molecular weight excluding hydrogens is 386 g/mol. The van der Waals surface area contributed by atoms with Crippen molar-refractivity contribution in [3.8, 4) is 0 Å². The Morgan fingerprint density at radius 1 is 1.00 bits per heavy atom. The van der Waals surface area contributed by atoms with E-state index in [1.807, 2.05) is 18.2 Å². The number of rotatable bonds is 8. The summed E-state index contributed by atoms with van der Waals surface area (Å²) >= 11 is 0. The van der Waals surface area contributed by atoms with Crippen molar-refractivity contribution < 1.29 is 13.2 Å². The number of hydrogen-bond acceptors (Lipinski definition) is 3. The number of hydrazine groups is 1. The number of aryl methyl sites for hydroxylation is 1. The monoisotopic (exact) mass is 413 g/mol. The van der Waals surface area contributed by atoms with Crippen LogP contribution in [-0.2, 0) is 16.4 Å². The Morgan fingerprint density at radius 2 is 1.66 bits per heavy atom. The van der Waals surface area contributed by atoms with Gasteiger partial charge in [0.05, 0.1) is 18.8 Å². The molecule has 1 heterocycles. The summed E-state index contributed by atoms with van der Waals surface area (Å²) in [6.45, 7) is 0.880. The molecule has 1 aliphatic heterocycles. The second kappa shape index (κ2) is 8.16. The smallest absolute Gasteiger partial charge is 0.315 e. The highest BCUT2D eigenvalue weighted by Gasteiger charge is 2.39. The van der Waals surface area contributed by atoms with E-state index >= 15 is 0 Å². The summed E-state index contributed by atoms with van der Waals surface area (Å²) in [5.41, 5.74) is 3.62. The van der Waals surface area contributed by atoms with Gasteiger partial charge in [-0.3, -0.25) is 0 Å². The Labute approximate surface area is 172 Å². The summed E-state index contributed by atoms with van der Waals surface area (Å²) in [4.78, 5) is 17.1. The summed E-state index contributed by atoms with van der Waals surface area (Å²) in [6, 6.07) is 18.2. The second-order valence-corrected chi connectivity index (χ2v) is 9.72. The van der Waals surface area contributed by atoms with Crippen LogP contribution in [0.4, 0.5) is 4.79 Å². The Morgan fingerprint density at radius 3 is 2.28 bits per heavy atom. The van der Waals surface area contributed by atoms with Crippen LogP contribution in [0.15, 0.2) is 54.6 Å². The van der Waals surface area contributed by atoms with Crippen LogP contribution < -0.4 is 4.83 Å². The average Bonchev–Trinajstić information content (AvgIpc) is 3.50. The third kappa shape index (κ3) is 4.97. The van der Waals surface area contributed by atoms with Gasteiger partial charge in [0.1, 0.15) is 0 Å². The van der Waals surface area contributed by atoms with Gasteiger partial charge in [0, 0.05) is 6.54 Å². The van der Waals surface area contributed by atoms with Gasteiger partial charge >= 0.3 is 6.03 Å². The van der Waals surface area contributed by atoms with Gasteiger partial charge in [-0.1, -0.05) is 54.6 Å². The fraction of sp³-hybridized carbons (Fsp3) is 0.409. The van der Waals surface area contributed by atoms with Gasteiger partial charge < -0.3 is 4.90 Å². The average molecular weight is 414 g/mol. The lowest BCUT2D eigenvalue weighted by Crippen LogP contribution is -2.44. The summed E-state index contributed by atoms with van der Waals surface area (Å²) in [5, 5.41) is 1.22. The highest BCUT2D eigenvalue weighted by Crippen LogP contribution is 2.40. The number of urea groups is 1. The van der Waals surface area contributed by atoms with E-state index in [0.717, 1.165) is 24.7 Å². The quantitative estimate of drug-likeness (QED) is 0.721. The van der Waals surface area contributed by atoms with Gasteiger partial charge in [0.25, 0.3) is 0 Å². The molecule has 0 bridgehead atoms. The molecule has 7 heteroatoms. The topological polar surface area (TPSA) is 69.7 Å². The molecule has 1 saturated heterocycles. The van der Waals surface area contributed by atoms with Gasteiger partial charge in [-0.15, -0.1) is 4.83 Å². The van der Waals surface area contributed by atoms with E-state index in [2.05, 4.69) is 41.2 Å². The molecule has 2 aromatic carbocycles. The Hall–Kier alpha value is -2.38. The highest BCUT2D eigenvalue weighted by atomic mass is 32.2. The minimum Gasteiger partial charge on any atom is -0.315 e. The number of nitrogens with zero attached hydrogens (tertiary/aromatic N) is 2. The fourth-order valence-electron chi connectivity index (χ4n) is 3.96. The van der Waals surface area contributed by atoms with Crippen molar-refractivity contribution in [1.82, 2.24) is 14.7 Å². The van der Waals surface area contributed by atoms with Crippen molar-refractivity contribution in [3.05, 3.63) is 71.3 Å². The second-order valence-electron chi connectivity index (χ2n) is 8.00. The summed E-state index contributed by atoms with van der Waals surface area (Å²) in [6.07, 6.45) is 5.26. The molecule has 6 nitrogen and oxygen atoms in total. The van der Waals surface area contributed by atoms with Crippen molar-refractivity contribution >= 4 is 16.1 Å². The molecule has 1 aliphatic carbocycles. The van der Waals surface area contributed by atoms with Crippen LogP contribution in [0, 0.1) is 0 Å². The van der Waals surface area contributed by atoms with Crippen LogP contribution in [-0.4, -0.2) is 43.7 Å². The number of carbonyl (C=O) groups is 1. The summed E-state index contributed by atoms with van der Waals surface area (Å²) < 4.78 is 23.4. The Balaban J connectivity index is 1.49. The third-order valence-corrected chi connectivity index (χ3v) is 6.11. The minimum absolute atomic E-state index is 0.166. The molecule has 2 aliphatic rings. The molecule has 2 fully saturated rings. The van der Waals surface area contributed by atoms with E-state index in [1.165, 1.54) is 29.0 Å². The molecule has 2 amide bonds. The maximum absolute atomic E-state index is 12.9. The molecule has 4 rings (SSSR count). The van der Waals surface area contributed by atoms with Crippen molar-refractivity contribution in [2.75, 3.05) is 19.3 Å². The van der Waals surface area contributed by atoms with Crippen molar-refractivity contribution in [3.63, 3.8) is 0 Å². The van der Waals surface area contributed by atoms with Crippen molar-refractivity contribution in [1.29, 1.82) is 0 Å². The first-order valence-electron chi connectivity index (χ1n) is 10.1. The zero-order valence-electron chi connectivity index (χ0n) is 16.6. The van der Waals surface area contributed by atoms with E-state index in [9.17, 15) is 13.2 Å². The standard InChI is InChI=1S/C22H27N3O3S/c1-29(27,28)23-25-16-21(20-13-11-19(12-14-20)18-9-10-18)24(22(25)26)15-5-8-17-6-3-2-4-7-17/h2-4,6-7,11-14,18,21,23H,5,8-10,15-16H2,1H3. The SMILES string of the molecule is CS(=O)(=O)NN1CC(c2ccc(C3CC3)cc2)N(CCCc2ccccc2)C1=O. The van der Waals surface area contributed by atoms with Crippen LogP contribution in [0.2, 0.25) is 0 Å². The number of hydrogen-bond donors (Lipinski definition) is 1. The number of benzene rings is 2. The van der Waals surface area contributed by atoms with E-state index in [0.29, 0.717) is 19.0 Å². The zero-order chi connectivity index (χ0) is 20.4. The summed E-state index contributed by atoms with van der Waals surface area (Å²) in [5.74, 6) is 0.680. The van der Waals surface area contributed by atoms with Crippen LogP contribution >= 0.6 is 0 Å². The lowest BCUT2D eigenvalue weighted by molar-refractivity contribution is 0.181. The molecule has 1 atom stereocenters.